The summed E-state index contributed by atoms with van der Waals surface area (Å²) in [7, 11) is 0. The normalized spacial score (nSPS) is 20.8. The second-order valence-corrected chi connectivity index (χ2v) is 1.75. The van der Waals surface area contributed by atoms with Crippen LogP contribution < -0.4 is 5.32 Å². The van der Waals surface area contributed by atoms with Crippen LogP contribution in [0.15, 0.2) is 0 Å². The molecule has 1 rings (SSSR count). The predicted molar refractivity (Wildman–Crippen MR) is 29.1 cm³/mol. The van der Waals surface area contributed by atoms with Gasteiger partial charge >= 0.3 is 6.41 Å². The molecule has 0 aliphatic carbocycles. The Bertz CT molecular complexity index is 78.5. The summed E-state index contributed by atoms with van der Waals surface area (Å²) >= 11 is 0. The van der Waals surface area contributed by atoms with Gasteiger partial charge in [0.1, 0.15) is 0 Å². The maximum absolute atomic E-state index is 9.92. The van der Waals surface area contributed by atoms with Crippen molar-refractivity contribution in [3.8, 4) is 0 Å². The van der Waals surface area contributed by atoms with Crippen LogP contribution >= 0.6 is 0 Å². The summed E-state index contributed by atoms with van der Waals surface area (Å²) in [6.45, 7) is 3.08. The quantitative estimate of drug-likeness (QED) is 0.427. The summed E-state index contributed by atoms with van der Waals surface area (Å²) in [6.07, 6.45) is 1.83. The van der Waals surface area contributed by atoms with Crippen LogP contribution in [-0.2, 0) is 4.79 Å². The first-order chi connectivity index (χ1) is 3.93. The van der Waals surface area contributed by atoms with Crippen molar-refractivity contribution in [2.45, 2.75) is 0 Å². The summed E-state index contributed by atoms with van der Waals surface area (Å²) in [6, 6.07) is 0. The molecule has 1 aliphatic heterocycles. The van der Waals surface area contributed by atoms with Crippen LogP contribution in [0.25, 0.3) is 0 Å². The molecule has 1 aliphatic rings. The highest BCUT2D eigenvalue weighted by Crippen LogP contribution is 1.86. The van der Waals surface area contributed by atoms with Crippen LogP contribution in [0.5, 0.6) is 0 Å². The highest BCUT2D eigenvalue weighted by molar-refractivity contribution is 5.48. The van der Waals surface area contributed by atoms with E-state index in [1.165, 1.54) is 0 Å². The molecule has 44 valence electrons. The van der Waals surface area contributed by atoms with E-state index in [4.69, 9.17) is 0 Å². The van der Waals surface area contributed by atoms with Gasteiger partial charge in [-0.2, -0.15) is 0 Å². The zero-order valence-electron chi connectivity index (χ0n) is 4.63. The fraction of sp³-hybridized carbons (Fsp3) is 0.800. The SMILES string of the molecule is O=[C]N1CC[N]CC1. The van der Waals surface area contributed by atoms with Crippen molar-refractivity contribution in [1.29, 1.82) is 0 Å². The van der Waals surface area contributed by atoms with Crippen LogP contribution in [0.3, 0.4) is 0 Å². The zero-order valence-corrected chi connectivity index (χ0v) is 4.63. The van der Waals surface area contributed by atoms with Crippen LogP contribution in [-0.4, -0.2) is 37.5 Å². The van der Waals surface area contributed by atoms with Crippen molar-refractivity contribution >= 4 is 6.41 Å². The highest BCUT2D eigenvalue weighted by Gasteiger charge is 2.06. The van der Waals surface area contributed by atoms with Crippen molar-refractivity contribution in [3.63, 3.8) is 0 Å². The topological polar surface area (TPSA) is 34.4 Å². The van der Waals surface area contributed by atoms with E-state index in [0.29, 0.717) is 0 Å². The second-order valence-electron chi connectivity index (χ2n) is 1.75. The Kier molecular flexibility index (Phi) is 1.86. The monoisotopic (exact) mass is 112 g/mol. The minimum absolute atomic E-state index is 0.753. The summed E-state index contributed by atoms with van der Waals surface area (Å²) in [5, 5.41) is 4.05. The number of amides is 1. The molecule has 0 aromatic heterocycles. The molecule has 0 spiro atoms. The number of rotatable bonds is 1. The molecule has 3 heteroatoms. The van der Waals surface area contributed by atoms with Crippen molar-refractivity contribution in [3.05, 3.63) is 0 Å². The van der Waals surface area contributed by atoms with Crippen molar-refractivity contribution in [2.75, 3.05) is 26.2 Å². The molecule has 1 fully saturated rings. The van der Waals surface area contributed by atoms with Crippen molar-refractivity contribution < 1.29 is 4.79 Å². The smallest absolute Gasteiger partial charge is 0.312 e. The molecule has 0 unspecified atom stereocenters. The number of hydrogen-bond donors (Lipinski definition) is 0. The van der Waals surface area contributed by atoms with E-state index in [1.54, 1.807) is 4.90 Å². The average Bonchev–Trinajstić information content (AvgIpc) is 1.90. The van der Waals surface area contributed by atoms with Crippen LogP contribution in [0.2, 0.25) is 0 Å². The van der Waals surface area contributed by atoms with Crippen LogP contribution in [0.1, 0.15) is 0 Å². The van der Waals surface area contributed by atoms with Gasteiger partial charge in [0.2, 0.25) is 0 Å². The third-order valence-electron chi connectivity index (χ3n) is 1.19. The summed E-state index contributed by atoms with van der Waals surface area (Å²) < 4.78 is 0. The Labute approximate surface area is 48.7 Å². The molecular formula is C5H8N2O. The van der Waals surface area contributed by atoms with E-state index < -0.39 is 0 Å². The standard InChI is InChI=1S/C5H8N2O/c8-5-7-3-1-6-2-4-7/h1-4H2. The van der Waals surface area contributed by atoms with E-state index >= 15 is 0 Å². The number of piperazine rings is 1. The van der Waals surface area contributed by atoms with Crippen LogP contribution in [0, 0.1) is 0 Å². The molecule has 0 aromatic rings. The Hall–Kier alpha value is -0.570. The van der Waals surface area contributed by atoms with E-state index in [1.807, 2.05) is 6.41 Å². The van der Waals surface area contributed by atoms with Crippen molar-refractivity contribution in [1.82, 2.24) is 10.2 Å². The number of carbonyl (C=O) groups excluding carboxylic acids is 1. The Morgan fingerprint density at radius 2 is 2.00 bits per heavy atom. The summed E-state index contributed by atoms with van der Waals surface area (Å²) in [5.74, 6) is 0. The Morgan fingerprint density at radius 3 is 2.38 bits per heavy atom. The molecule has 8 heavy (non-hydrogen) atoms. The Morgan fingerprint density at radius 1 is 1.38 bits per heavy atom. The lowest BCUT2D eigenvalue weighted by Crippen LogP contribution is -2.39. The van der Waals surface area contributed by atoms with Gasteiger partial charge in [-0.05, 0) is 0 Å². The molecule has 3 nitrogen and oxygen atoms in total. The van der Waals surface area contributed by atoms with E-state index in [-0.39, 0.29) is 0 Å². The fourth-order valence-corrected chi connectivity index (χ4v) is 0.698. The first kappa shape index (κ1) is 5.56. The Balaban J connectivity index is 2.22. The first-order valence-electron chi connectivity index (χ1n) is 2.69. The molecule has 1 amide bonds. The molecular weight excluding hydrogens is 104 g/mol. The highest BCUT2D eigenvalue weighted by atomic mass is 16.1. The lowest BCUT2D eigenvalue weighted by Gasteiger charge is -2.20. The van der Waals surface area contributed by atoms with Gasteiger partial charge in [-0.15, -0.1) is 0 Å². The fourth-order valence-electron chi connectivity index (χ4n) is 0.698. The number of nitrogens with zero attached hydrogens (tertiary/aromatic N) is 2. The van der Waals surface area contributed by atoms with Gasteiger partial charge in [0, 0.05) is 26.2 Å². The molecule has 0 aromatic carbocycles. The van der Waals surface area contributed by atoms with Crippen LogP contribution in [0.4, 0.5) is 0 Å². The lowest BCUT2D eigenvalue weighted by molar-refractivity contribution is 0.331. The average molecular weight is 112 g/mol. The van der Waals surface area contributed by atoms with Gasteiger partial charge in [-0.25, -0.2) is 5.32 Å². The molecule has 0 N–H and O–H groups in total. The molecule has 0 saturated carbocycles. The van der Waals surface area contributed by atoms with Crippen molar-refractivity contribution in [2.24, 2.45) is 0 Å². The largest absolute Gasteiger partial charge is 0.332 e. The predicted octanol–water partition coefficient (Wildman–Crippen LogP) is -1.03. The lowest BCUT2D eigenvalue weighted by atomic mass is 10.4. The third-order valence-corrected chi connectivity index (χ3v) is 1.19. The van der Waals surface area contributed by atoms with E-state index in [9.17, 15) is 4.79 Å². The molecule has 1 saturated heterocycles. The van der Waals surface area contributed by atoms with E-state index in [0.717, 1.165) is 26.2 Å². The molecule has 0 bridgehead atoms. The van der Waals surface area contributed by atoms with Gasteiger partial charge in [-0.1, -0.05) is 0 Å². The maximum Gasteiger partial charge on any atom is 0.312 e. The summed E-state index contributed by atoms with van der Waals surface area (Å²) in [5.41, 5.74) is 0. The van der Waals surface area contributed by atoms with E-state index in [2.05, 4.69) is 5.32 Å². The van der Waals surface area contributed by atoms with Gasteiger partial charge in [0.25, 0.3) is 0 Å². The van der Waals surface area contributed by atoms with Gasteiger partial charge in [0.05, 0.1) is 0 Å². The van der Waals surface area contributed by atoms with Gasteiger partial charge in [0.15, 0.2) is 0 Å². The first-order valence-corrected chi connectivity index (χ1v) is 2.69. The van der Waals surface area contributed by atoms with Gasteiger partial charge in [-0.3, -0.25) is 4.79 Å². The molecule has 2 radical (unpaired) electrons. The zero-order chi connectivity index (χ0) is 5.82. The van der Waals surface area contributed by atoms with Gasteiger partial charge < -0.3 is 4.90 Å². The molecule has 0 atom stereocenters. The second kappa shape index (κ2) is 2.67. The molecule has 1 heterocycles. The minimum atomic E-state index is 0.753. The minimum Gasteiger partial charge on any atom is -0.332 e. The summed E-state index contributed by atoms with van der Waals surface area (Å²) in [4.78, 5) is 11.5. The third kappa shape index (κ3) is 1.20. The maximum atomic E-state index is 9.92. The number of hydrogen-bond acceptors (Lipinski definition) is 1.